The van der Waals surface area contributed by atoms with E-state index in [1.54, 1.807) is 19.0 Å². The van der Waals surface area contributed by atoms with Crippen molar-refractivity contribution in [2.24, 2.45) is 4.99 Å². The van der Waals surface area contributed by atoms with Crippen molar-refractivity contribution in [1.29, 1.82) is 0 Å². The number of para-hydroxylation sites is 1. The maximum Gasteiger partial charge on any atom is 0.243 e. The van der Waals surface area contributed by atoms with Gasteiger partial charge in [-0.05, 0) is 31.9 Å². The highest BCUT2D eigenvalue weighted by molar-refractivity contribution is 6.33. The summed E-state index contributed by atoms with van der Waals surface area (Å²) in [6.45, 7) is 4.76. The van der Waals surface area contributed by atoms with Crippen molar-refractivity contribution in [3.05, 3.63) is 29.3 Å². The summed E-state index contributed by atoms with van der Waals surface area (Å²) in [7, 11) is 3.47. The van der Waals surface area contributed by atoms with E-state index in [2.05, 4.69) is 26.6 Å². The maximum absolute atomic E-state index is 11.8. The Morgan fingerprint density at radius 1 is 1.40 bits per heavy atom. The van der Waals surface area contributed by atoms with Crippen molar-refractivity contribution in [2.45, 2.75) is 25.8 Å². The molecule has 1 saturated heterocycles. The number of hydrogen-bond donors (Lipinski definition) is 2. The largest absolute Gasteiger partial charge is 0.368 e. The van der Waals surface area contributed by atoms with Crippen LogP contribution in [0, 0.1) is 0 Å². The average molecular weight is 366 g/mol. The molecule has 0 aliphatic carbocycles. The lowest BCUT2D eigenvalue weighted by atomic mass is 10.0. The Morgan fingerprint density at radius 3 is 2.84 bits per heavy atom. The van der Waals surface area contributed by atoms with Crippen molar-refractivity contribution < 1.29 is 4.79 Å². The topological polar surface area (TPSA) is 60.0 Å². The van der Waals surface area contributed by atoms with Crippen LogP contribution in [0.3, 0.4) is 0 Å². The molecule has 6 nitrogen and oxygen atoms in total. The fourth-order valence-electron chi connectivity index (χ4n) is 2.82. The molecule has 0 saturated carbocycles. The van der Waals surface area contributed by atoms with E-state index >= 15 is 0 Å². The van der Waals surface area contributed by atoms with Crippen LogP contribution in [0.15, 0.2) is 29.3 Å². The second-order valence-electron chi connectivity index (χ2n) is 6.36. The van der Waals surface area contributed by atoms with Gasteiger partial charge in [0.05, 0.1) is 10.7 Å². The number of anilines is 1. The summed E-state index contributed by atoms with van der Waals surface area (Å²) in [6, 6.07) is 8.20. The summed E-state index contributed by atoms with van der Waals surface area (Å²) in [5.74, 6) is 0.669. The van der Waals surface area contributed by atoms with E-state index in [9.17, 15) is 4.79 Å². The second-order valence-corrected chi connectivity index (χ2v) is 6.77. The first-order valence-electron chi connectivity index (χ1n) is 8.75. The average Bonchev–Trinajstić information content (AvgIpc) is 2.60. The van der Waals surface area contributed by atoms with Crippen LogP contribution in [-0.4, -0.2) is 63.1 Å². The summed E-state index contributed by atoms with van der Waals surface area (Å²) in [5.41, 5.74) is 1.07. The number of aliphatic imine (C=N–C) groups is 1. The van der Waals surface area contributed by atoms with E-state index in [0.717, 1.165) is 43.2 Å². The predicted octanol–water partition coefficient (Wildman–Crippen LogP) is 1.95. The van der Waals surface area contributed by atoms with Crippen LogP contribution in [0.2, 0.25) is 5.02 Å². The van der Waals surface area contributed by atoms with Gasteiger partial charge in [0, 0.05) is 39.8 Å². The number of carbonyl (C=O) groups is 1. The maximum atomic E-state index is 11.8. The molecule has 1 fully saturated rings. The molecule has 1 heterocycles. The quantitative estimate of drug-likeness (QED) is 0.618. The Bertz CT molecular complexity index is 605. The first-order valence-corrected chi connectivity index (χ1v) is 9.13. The van der Waals surface area contributed by atoms with Crippen LogP contribution >= 0.6 is 11.6 Å². The molecule has 1 aromatic carbocycles. The van der Waals surface area contributed by atoms with Crippen LogP contribution in [0.25, 0.3) is 0 Å². The van der Waals surface area contributed by atoms with Crippen molar-refractivity contribution >= 4 is 29.2 Å². The number of hydrogen-bond acceptors (Lipinski definition) is 3. The number of amides is 1. The zero-order valence-electron chi connectivity index (χ0n) is 15.3. The van der Waals surface area contributed by atoms with Crippen molar-refractivity contribution in [2.75, 3.05) is 45.2 Å². The normalized spacial score (nSPS) is 18.0. The second kappa shape index (κ2) is 9.51. The summed E-state index contributed by atoms with van der Waals surface area (Å²) >= 11 is 6.33. The molecule has 1 aromatic rings. The lowest BCUT2D eigenvalue weighted by molar-refractivity contribution is -0.127. The van der Waals surface area contributed by atoms with Gasteiger partial charge < -0.3 is 20.4 Å². The number of likely N-dealkylation sites (N-methyl/N-ethyl adjacent to an activating group) is 1. The SMILES string of the molecule is CCNC(=NCC(=O)N(C)C)NC1CCCN(c2ccccc2Cl)C1. The Balaban J connectivity index is 2.00. The molecule has 2 N–H and O–H groups in total. The Hall–Kier alpha value is -1.95. The molecular formula is C18H28ClN5O. The Kier molecular flexibility index (Phi) is 7.37. The van der Waals surface area contributed by atoms with Crippen molar-refractivity contribution in [3.8, 4) is 0 Å². The number of nitrogens with one attached hydrogen (secondary N) is 2. The first kappa shape index (κ1) is 19.4. The fourth-order valence-corrected chi connectivity index (χ4v) is 3.08. The van der Waals surface area contributed by atoms with Crippen molar-refractivity contribution in [1.82, 2.24) is 15.5 Å². The van der Waals surface area contributed by atoms with Gasteiger partial charge in [0.15, 0.2) is 5.96 Å². The summed E-state index contributed by atoms with van der Waals surface area (Å²) in [6.07, 6.45) is 2.14. The monoisotopic (exact) mass is 365 g/mol. The number of rotatable bonds is 5. The fraction of sp³-hybridized carbons (Fsp3) is 0.556. The zero-order valence-corrected chi connectivity index (χ0v) is 16.0. The third kappa shape index (κ3) is 5.81. The molecule has 1 aliphatic heterocycles. The van der Waals surface area contributed by atoms with Gasteiger partial charge in [0.2, 0.25) is 5.91 Å². The Labute approximate surface area is 155 Å². The minimum absolute atomic E-state index is 0.0152. The number of carbonyl (C=O) groups excluding carboxylic acids is 1. The van der Waals surface area contributed by atoms with Gasteiger partial charge in [-0.1, -0.05) is 23.7 Å². The van der Waals surface area contributed by atoms with Crippen molar-refractivity contribution in [3.63, 3.8) is 0 Å². The van der Waals surface area contributed by atoms with Gasteiger partial charge in [-0.15, -0.1) is 0 Å². The summed E-state index contributed by atoms with van der Waals surface area (Å²) < 4.78 is 0. The third-order valence-electron chi connectivity index (χ3n) is 4.17. The van der Waals surface area contributed by atoms with Crippen LogP contribution in [0.5, 0.6) is 0 Å². The standard InChI is InChI=1S/C18H28ClN5O/c1-4-20-18(21-12-17(25)23(2)3)22-14-8-7-11-24(13-14)16-10-6-5-9-15(16)19/h5-6,9-10,14H,4,7-8,11-13H2,1-3H3,(H2,20,21,22). The molecule has 2 rings (SSSR count). The molecule has 1 unspecified atom stereocenters. The number of halogens is 1. The molecule has 7 heteroatoms. The molecule has 1 amide bonds. The minimum atomic E-state index is -0.0152. The molecule has 138 valence electrons. The van der Waals surface area contributed by atoms with Gasteiger partial charge in [-0.3, -0.25) is 4.79 Å². The van der Waals surface area contributed by atoms with Crippen LogP contribution < -0.4 is 15.5 Å². The van der Waals surface area contributed by atoms with E-state index in [4.69, 9.17) is 11.6 Å². The van der Waals surface area contributed by atoms with Gasteiger partial charge >= 0.3 is 0 Å². The van der Waals surface area contributed by atoms with Gasteiger partial charge in [-0.25, -0.2) is 4.99 Å². The number of piperidine rings is 1. The molecule has 0 radical (unpaired) electrons. The van der Waals surface area contributed by atoms with E-state index in [0.29, 0.717) is 5.96 Å². The van der Waals surface area contributed by atoms with Crippen LogP contribution in [0.1, 0.15) is 19.8 Å². The zero-order chi connectivity index (χ0) is 18.2. The highest BCUT2D eigenvalue weighted by Gasteiger charge is 2.22. The molecule has 0 spiro atoms. The highest BCUT2D eigenvalue weighted by atomic mass is 35.5. The molecule has 25 heavy (non-hydrogen) atoms. The number of nitrogens with zero attached hydrogens (tertiary/aromatic N) is 3. The lowest BCUT2D eigenvalue weighted by Crippen LogP contribution is -2.51. The number of benzene rings is 1. The predicted molar refractivity (Wildman–Crippen MR) is 104 cm³/mol. The lowest BCUT2D eigenvalue weighted by Gasteiger charge is -2.35. The molecule has 0 bridgehead atoms. The molecule has 0 aromatic heterocycles. The number of guanidine groups is 1. The smallest absolute Gasteiger partial charge is 0.243 e. The minimum Gasteiger partial charge on any atom is -0.368 e. The third-order valence-corrected chi connectivity index (χ3v) is 4.49. The van der Waals surface area contributed by atoms with Crippen LogP contribution in [-0.2, 0) is 4.79 Å². The first-order chi connectivity index (χ1) is 12.0. The molecular weight excluding hydrogens is 338 g/mol. The van der Waals surface area contributed by atoms with Gasteiger partial charge in [0.25, 0.3) is 0 Å². The van der Waals surface area contributed by atoms with E-state index in [1.807, 2.05) is 25.1 Å². The van der Waals surface area contributed by atoms with E-state index in [1.165, 1.54) is 0 Å². The summed E-state index contributed by atoms with van der Waals surface area (Å²) in [4.78, 5) is 20.0. The molecule has 1 aliphatic rings. The van der Waals surface area contributed by atoms with Crippen LogP contribution in [0.4, 0.5) is 5.69 Å². The summed E-state index contributed by atoms with van der Waals surface area (Å²) in [5, 5.41) is 7.45. The van der Waals surface area contributed by atoms with Gasteiger partial charge in [-0.2, -0.15) is 0 Å². The van der Waals surface area contributed by atoms with Gasteiger partial charge in [0.1, 0.15) is 6.54 Å². The van der Waals surface area contributed by atoms with E-state index in [-0.39, 0.29) is 18.5 Å². The molecule has 1 atom stereocenters. The van der Waals surface area contributed by atoms with E-state index < -0.39 is 0 Å². The Morgan fingerprint density at radius 2 is 2.16 bits per heavy atom. The highest BCUT2D eigenvalue weighted by Crippen LogP contribution is 2.27.